The molecule has 0 aliphatic rings. The zero-order valence-electron chi connectivity index (χ0n) is 9.12. The van der Waals surface area contributed by atoms with E-state index >= 15 is 0 Å². The highest BCUT2D eigenvalue weighted by Crippen LogP contribution is 2.24. The predicted molar refractivity (Wildman–Crippen MR) is 61.6 cm³/mol. The molecule has 0 saturated heterocycles. The highest BCUT2D eigenvalue weighted by Gasteiger charge is 2.19. The Hall–Kier alpha value is -1.81. The van der Waals surface area contributed by atoms with Crippen LogP contribution in [0.25, 0.3) is 0 Å². The van der Waals surface area contributed by atoms with Gasteiger partial charge in [0.15, 0.2) is 0 Å². The molecule has 0 bridgehead atoms. The minimum Gasteiger partial charge on any atom is -0.321 e. The molecule has 0 saturated carbocycles. The summed E-state index contributed by atoms with van der Waals surface area (Å²) in [4.78, 5) is 12.6. The molecule has 4 heteroatoms. The van der Waals surface area contributed by atoms with E-state index in [1.165, 1.54) is 0 Å². The Balaban J connectivity index is 2.20. The highest BCUT2D eigenvalue weighted by atomic mass is 14.9. The molecular weight excluding hydrogens is 200 g/mol. The second-order valence-corrected chi connectivity index (χ2v) is 3.68. The zero-order chi connectivity index (χ0) is 11.4. The lowest BCUT2D eigenvalue weighted by atomic mass is 9.98. The first-order valence-electron chi connectivity index (χ1n) is 5.22. The van der Waals surface area contributed by atoms with Crippen molar-refractivity contribution >= 4 is 0 Å². The van der Waals surface area contributed by atoms with Crippen molar-refractivity contribution in [3.63, 3.8) is 0 Å². The van der Waals surface area contributed by atoms with E-state index in [1.807, 2.05) is 25.1 Å². The molecule has 2 aromatic heterocycles. The lowest BCUT2D eigenvalue weighted by Crippen LogP contribution is -2.20. The topological polar surface area (TPSA) is 64.7 Å². The molecule has 0 aliphatic carbocycles. The summed E-state index contributed by atoms with van der Waals surface area (Å²) in [6.07, 6.45) is 5.17. The molecule has 0 radical (unpaired) electrons. The van der Waals surface area contributed by atoms with Crippen LogP contribution in [-0.4, -0.2) is 15.0 Å². The summed E-state index contributed by atoms with van der Waals surface area (Å²) in [5.74, 6) is 0.754. The van der Waals surface area contributed by atoms with Gasteiger partial charge in [-0.2, -0.15) is 0 Å². The standard InChI is InChI=1S/C12H14N4/c1-9(10-5-2-3-6-14-10)11(13)12-15-7-4-8-16-12/h2-9,11H,13H2,1H3. The van der Waals surface area contributed by atoms with E-state index in [0.29, 0.717) is 5.82 Å². The van der Waals surface area contributed by atoms with E-state index in [9.17, 15) is 0 Å². The SMILES string of the molecule is CC(c1ccccn1)C(N)c1ncccn1. The van der Waals surface area contributed by atoms with Gasteiger partial charge in [-0.1, -0.05) is 13.0 Å². The predicted octanol–water partition coefficient (Wildman–Crippen LogP) is 1.68. The van der Waals surface area contributed by atoms with Crippen molar-refractivity contribution in [3.05, 3.63) is 54.4 Å². The maximum Gasteiger partial charge on any atom is 0.145 e. The number of pyridine rings is 1. The van der Waals surface area contributed by atoms with Crippen LogP contribution in [0.2, 0.25) is 0 Å². The first kappa shape index (κ1) is 10.7. The third-order valence-corrected chi connectivity index (χ3v) is 2.58. The lowest BCUT2D eigenvalue weighted by molar-refractivity contribution is 0.553. The molecule has 4 nitrogen and oxygen atoms in total. The fourth-order valence-corrected chi connectivity index (χ4v) is 1.54. The molecule has 2 unspecified atom stereocenters. The minimum absolute atomic E-state index is 0.101. The Morgan fingerprint density at radius 2 is 1.69 bits per heavy atom. The van der Waals surface area contributed by atoms with Crippen LogP contribution in [0.5, 0.6) is 0 Å². The van der Waals surface area contributed by atoms with Crippen LogP contribution in [0.15, 0.2) is 42.9 Å². The highest BCUT2D eigenvalue weighted by molar-refractivity contribution is 5.13. The number of hydrogen-bond donors (Lipinski definition) is 1. The average Bonchev–Trinajstić information content (AvgIpc) is 2.39. The van der Waals surface area contributed by atoms with Crippen LogP contribution >= 0.6 is 0 Å². The van der Waals surface area contributed by atoms with Gasteiger partial charge in [0.05, 0.1) is 6.04 Å². The molecule has 2 rings (SSSR count). The largest absolute Gasteiger partial charge is 0.321 e. The third kappa shape index (κ3) is 2.23. The summed E-state index contributed by atoms with van der Waals surface area (Å²) in [5, 5.41) is 0. The molecular formula is C12H14N4. The molecule has 2 atom stereocenters. The maximum absolute atomic E-state index is 6.11. The van der Waals surface area contributed by atoms with Crippen molar-refractivity contribution in [3.8, 4) is 0 Å². The van der Waals surface area contributed by atoms with Gasteiger partial charge in [0.25, 0.3) is 0 Å². The summed E-state index contributed by atoms with van der Waals surface area (Å²) < 4.78 is 0. The average molecular weight is 214 g/mol. The first-order valence-corrected chi connectivity index (χ1v) is 5.22. The summed E-state index contributed by atoms with van der Waals surface area (Å²) in [7, 11) is 0. The monoisotopic (exact) mass is 214 g/mol. The van der Waals surface area contributed by atoms with Crippen molar-refractivity contribution in [2.24, 2.45) is 5.73 Å². The molecule has 16 heavy (non-hydrogen) atoms. The van der Waals surface area contributed by atoms with Crippen LogP contribution in [0, 0.1) is 0 Å². The van der Waals surface area contributed by atoms with Gasteiger partial charge in [-0.05, 0) is 18.2 Å². The van der Waals surface area contributed by atoms with E-state index in [2.05, 4.69) is 15.0 Å². The van der Waals surface area contributed by atoms with Gasteiger partial charge in [0.1, 0.15) is 5.82 Å². The van der Waals surface area contributed by atoms with Gasteiger partial charge < -0.3 is 5.73 Å². The molecule has 0 spiro atoms. The summed E-state index contributed by atoms with van der Waals surface area (Å²) in [6.45, 7) is 2.03. The summed E-state index contributed by atoms with van der Waals surface area (Å²) in [6, 6.07) is 7.36. The van der Waals surface area contributed by atoms with E-state index in [4.69, 9.17) is 5.73 Å². The Morgan fingerprint density at radius 1 is 1.00 bits per heavy atom. The van der Waals surface area contributed by atoms with Gasteiger partial charge >= 0.3 is 0 Å². The van der Waals surface area contributed by atoms with Crippen LogP contribution < -0.4 is 5.73 Å². The van der Waals surface area contributed by atoms with Crippen LogP contribution in [-0.2, 0) is 0 Å². The third-order valence-electron chi connectivity index (χ3n) is 2.58. The molecule has 0 aliphatic heterocycles. The fourth-order valence-electron chi connectivity index (χ4n) is 1.54. The summed E-state index contributed by atoms with van der Waals surface area (Å²) in [5.41, 5.74) is 7.07. The van der Waals surface area contributed by atoms with Crippen LogP contribution in [0.1, 0.15) is 30.4 Å². The second kappa shape index (κ2) is 4.81. The second-order valence-electron chi connectivity index (χ2n) is 3.68. The number of hydrogen-bond acceptors (Lipinski definition) is 4. The van der Waals surface area contributed by atoms with E-state index in [-0.39, 0.29) is 12.0 Å². The Bertz CT molecular complexity index is 386. The Morgan fingerprint density at radius 3 is 2.31 bits per heavy atom. The lowest BCUT2D eigenvalue weighted by Gasteiger charge is -2.17. The number of rotatable bonds is 3. The quantitative estimate of drug-likeness (QED) is 0.844. The van der Waals surface area contributed by atoms with Gasteiger partial charge in [-0.3, -0.25) is 4.98 Å². The zero-order valence-corrected chi connectivity index (χ0v) is 9.12. The van der Waals surface area contributed by atoms with Crippen molar-refractivity contribution in [2.45, 2.75) is 18.9 Å². The van der Waals surface area contributed by atoms with Crippen LogP contribution in [0.3, 0.4) is 0 Å². The first-order chi connectivity index (χ1) is 7.79. The molecule has 82 valence electrons. The molecule has 2 N–H and O–H groups in total. The smallest absolute Gasteiger partial charge is 0.145 e. The number of nitrogens with zero attached hydrogens (tertiary/aromatic N) is 3. The van der Waals surface area contributed by atoms with Crippen molar-refractivity contribution in [2.75, 3.05) is 0 Å². The van der Waals surface area contributed by atoms with E-state index in [1.54, 1.807) is 24.7 Å². The van der Waals surface area contributed by atoms with Crippen LogP contribution in [0.4, 0.5) is 0 Å². The van der Waals surface area contributed by atoms with E-state index in [0.717, 1.165) is 5.69 Å². The van der Waals surface area contributed by atoms with Crippen molar-refractivity contribution < 1.29 is 0 Å². The fraction of sp³-hybridized carbons (Fsp3) is 0.250. The minimum atomic E-state index is -0.226. The Kier molecular flexibility index (Phi) is 3.22. The van der Waals surface area contributed by atoms with Gasteiger partial charge in [-0.15, -0.1) is 0 Å². The normalized spacial score (nSPS) is 14.4. The van der Waals surface area contributed by atoms with Gasteiger partial charge in [-0.25, -0.2) is 9.97 Å². The van der Waals surface area contributed by atoms with Crippen molar-refractivity contribution in [1.82, 2.24) is 15.0 Å². The maximum atomic E-state index is 6.11. The van der Waals surface area contributed by atoms with Crippen molar-refractivity contribution in [1.29, 1.82) is 0 Å². The number of nitrogens with two attached hydrogens (primary N) is 1. The van der Waals surface area contributed by atoms with Gasteiger partial charge in [0.2, 0.25) is 0 Å². The van der Waals surface area contributed by atoms with Gasteiger partial charge in [0, 0.05) is 30.2 Å². The molecule has 0 fully saturated rings. The molecule has 2 heterocycles. The summed E-state index contributed by atoms with van der Waals surface area (Å²) >= 11 is 0. The number of aromatic nitrogens is 3. The molecule has 0 aromatic carbocycles. The van der Waals surface area contributed by atoms with E-state index < -0.39 is 0 Å². The molecule has 0 amide bonds. The molecule has 2 aromatic rings. The Labute approximate surface area is 94.6 Å².